The SMILES string of the molecule is Cc1ccccc1C1=CC=CC(C)(O)C1C. The van der Waals surface area contributed by atoms with Gasteiger partial charge in [0.1, 0.15) is 0 Å². The van der Waals surface area contributed by atoms with Crippen LogP contribution >= 0.6 is 0 Å². The molecule has 1 aliphatic rings. The molecule has 2 atom stereocenters. The fourth-order valence-electron chi connectivity index (χ4n) is 2.17. The Kier molecular flexibility index (Phi) is 2.73. The Morgan fingerprint density at radius 1 is 1.25 bits per heavy atom. The third-order valence-electron chi connectivity index (χ3n) is 3.51. The molecule has 2 unspecified atom stereocenters. The maximum Gasteiger partial charge on any atom is 0.0868 e. The van der Waals surface area contributed by atoms with Crippen LogP contribution in [0, 0.1) is 12.8 Å². The van der Waals surface area contributed by atoms with Crippen LogP contribution in [0.5, 0.6) is 0 Å². The van der Waals surface area contributed by atoms with Crippen molar-refractivity contribution in [3.05, 3.63) is 53.6 Å². The highest BCUT2D eigenvalue weighted by atomic mass is 16.3. The minimum atomic E-state index is -0.744. The zero-order chi connectivity index (χ0) is 11.8. The minimum Gasteiger partial charge on any atom is -0.385 e. The number of allylic oxidation sites excluding steroid dienone is 2. The number of benzene rings is 1. The van der Waals surface area contributed by atoms with E-state index < -0.39 is 5.60 Å². The summed E-state index contributed by atoms with van der Waals surface area (Å²) in [6.45, 7) is 6.04. The lowest BCUT2D eigenvalue weighted by atomic mass is 9.77. The summed E-state index contributed by atoms with van der Waals surface area (Å²) in [5.41, 5.74) is 2.96. The molecule has 0 saturated carbocycles. The van der Waals surface area contributed by atoms with Crippen LogP contribution in [0.1, 0.15) is 25.0 Å². The number of hydrogen-bond donors (Lipinski definition) is 1. The largest absolute Gasteiger partial charge is 0.385 e. The second kappa shape index (κ2) is 3.91. The van der Waals surface area contributed by atoms with Gasteiger partial charge in [-0.2, -0.15) is 0 Å². The number of rotatable bonds is 1. The summed E-state index contributed by atoms with van der Waals surface area (Å²) in [4.78, 5) is 0. The second-order valence-electron chi connectivity index (χ2n) is 4.74. The number of aryl methyl sites for hydroxylation is 1. The zero-order valence-electron chi connectivity index (χ0n) is 10.1. The molecule has 0 saturated heterocycles. The molecule has 0 fully saturated rings. The third-order valence-corrected chi connectivity index (χ3v) is 3.51. The molecule has 0 amide bonds. The molecule has 16 heavy (non-hydrogen) atoms. The summed E-state index contributed by atoms with van der Waals surface area (Å²) in [7, 11) is 0. The third kappa shape index (κ3) is 1.83. The van der Waals surface area contributed by atoms with E-state index in [9.17, 15) is 5.11 Å². The van der Waals surface area contributed by atoms with E-state index in [-0.39, 0.29) is 5.92 Å². The van der Waals surface area contributed by atoms with Gasteiger partial charge in [0.15, 0.2) is 0 Å². The summed E-state index contributed by atoms with van der Waals surface area (Å²) >= 11 is 0. The summed E-state index contributed by atoms with van der Waals surface area (Å²) < 4.78 is 0. The van der Waals surface area contributed by atoms with Gasteiger partial charge in [-0.15, -0.1) is 0 Å². The highest BCUT2D eigenvalue weighted by Crippen LogP contribution is 2.36. The van der Waals surface area contributed by atoms with Gasteiger partial charge >= 0.3 is 0 Å². The van der Waals surface area contributed by atoms with Crippen LogP contribution in [0.3, 0.4) is 0 Å². The lowest BCUT2D eigenvalue weighted by molar-refractivity contribution is 0.0771. The van der Waals surface area contributed by atoms with E-state index in [0.717, 1.165) is 0 Å². The summed E-state index contributed by atoms with van der Waals surface area (Å²) in [6, 6.07) is 8.31. The first-order chi connectivity index (χ1) is 7.52. The van der Waals surface area contributed by atoms with E-state index in [0.29, 0.717) is 0 Å². The van der Waals surface area contributed by atoms with Crippen molar-refractivity contribution in [3.63, 3.8) is 0 Å². The van der Waals surface area contributed by atoms with Crippen molar-refractivity contribution >= 4 is 5.57 Å². The van der Waals surface area contributed by atoms with Crippen LogP contribution in [0.4, 0.5) is 0 Å². The molecule has 0 radical (unpaired) electrons. The monoisotopic (exact) mass is 214 g/mol. The summed E-state index contributed by atoms with van der Waals surface area (Å²) in [6.07, 6.45) is 5.91. The van der Waals surface area contributed by atoms with E-state index in [4.69, 9.17) is 0 Å². The predicted molar refractivity (Wildman–Crippen MR) is 68.1 cm³/mol. The number of hydrogen-bond acceptors (Lipinski definition) is 1. The van der Waals surface area contributed by atoms with E-state index in [2.05, 4.69) is 32.1 Å². The van der Waals surface area contributed by atoms with Crippen LogP contribution in [0.25, 0.3) is 5.57 Å². The molecule has 1 nitrogen and oxygen atoms in total. The Bertz CT molecular complexity index is 452. The molecule has 0 aromatic heterocycles. The molecule has 1 aromatic carbocycles. The van der Waals surface area contributed by atoms with E-state index in [1.165, 1.54) is 16.7 Å². The van der Waals surface area contributed by atoms with Crippen LogP contribution < -0.4 is 0 Å². The van der Waals surface area contributed by atoms with Gasteiger partial charge in [-0.05, 0) is 30.5 Å². The van der Waals surface area contributed by atoms with Crippen LogP contribution in [-0.2, 0) is 0 Å². The van der Waals surface area contributed by atoms with Gasteiger partial charge in [0, 0.05) is 5.92 Å². The molecule has 1 heteroatoms. The molecule has 0 heterocycles. The van der Waals surface area contributed by atoms with Crippen molar-refractivity contribution in [1.82, 2.24) is 0 Å². The molecular formula is C15H18O. The van der Waals surface area contributed by atoms with Crippen LogP contribution in [0.15, 0.2) is 42.5 Å². The lowest BCUT2D eigenvalue weighted by Crippen LogP contribution is -2.32. The van der Waals surface area contributed by atoms with Crippen molar-refractivity contribution in [2.24, 2.45) is 5.92 Å². The molecular weight excluding hydrogens is 196 g/mol. The first-order valence-corrected chi connectivity index (χ1v) is 5.70. The highest BCUT2D eigenvalue weighted by molar-refractivity contribution is 5.73. The highest BCUT2D eigenvalue weighted by Gasteiger charge is 2.31. The second-order valence-corrected chi connectivity index (χ2v) is 4.74. The maximum atomic E-state index is 10.2. The van der Waals surface area contributed by atoms with Crippen LogP contribution in [-0.4, -0.2) is 10.7 Å². The Morgan fingerprint density at radius 2 is 1.94 bits per heavy atom. The average molecular weight is 214 g/mol. The molecule has 1 aliphatic carbocycles. The summed E-state index contributed by atoms with van der Waals surface area (Å²) in [5.74, 6) is 0.124. The molecule has 1 aromatic rings. The normalized spacial score (nSPS) is 29.0. The molecule has 0 spiro atoms. The molecule has 84 valence electrons. The fourth-order valence-corrected chi connectivity index (χ4v) is 2.17. The molecule has 1 N–H and O–H groups in total. The summed E-state index contributed by atoms with van der Waals surface area (Å²) in [5, 5.41) is 10.2. The average Bonchev–Trinajstić information content (AvgIpc) is 2.23. The Balaban J connectivity index is 2.47. The zero-order valence-corrected chi connectivity index (χ0v) is 10.1. The minimum absolute atomic E-state index is 0.124. The smallest absolute Gasteiger partial charge is 0.0868 e. The molecule has 0 aliphatic heterocycles. The predicted octanol–water partition coefficient (Wildman–Crippen LogP) is 3.34. The first kappa shape index (κ1) is 11.2. The van der Waals surface area contributed by atoms with E-state index in [1.54, 1.807) is 0 Å². The van der Waals surface area contributed by atoms with E-state index in [1.807, 2.05) is 31.2 Å². The Hall–Kier alpha value is -1.34. The van der Waals surface area contributed by atoms with Gasteiger partial charge in [0.25, 0.3) is 0 Å². The Labute approximate surface area is 97.1 Å². The maximum absolute atomic E-state index is 10.2. The van der Waals surface area contributed by atoms with Crippen molar-refractivity contribution < 1.29 is 5.11 Å². The lowest BCUT2D eigenvalue weighted by Gasteiger charge is -2.32. The van der Waals surface area contributed by atoms with Gasteiger partial charge in [0.05, 0.1) is 5.60 Å². The van der Waals surface area contributed by atoms with E-state index >= 15 is 0 Å². The van der Waals surface area contributed by atoms with Gasteiger partial charge in [0.2, 0.25) is 0 Å². The van der Waals surface area contributed by atoms with Crippen molar-refractivity contribution in [3.8, 4) is 0 Å². The van der Waals surface area contributed by atoms with Gasteiger partial charge in [-0.25, -0.2) is 0 Å². The molecule has 2 rings (SSSR count). The number of aliphatic hydroxyl groups is 1. The van der Waals surface area contributed by atoms with Gasteiger partial charge < -0.3 is 5.11 Å². The van der Waals surface area contributed by atoms with Gasteiger partial charge in [-0.3, -0.25) is 0 Å². The van der Waals surface area contributed by atoms with Crippen molar-refractivity contribution in [2.45, 2.75) is 26.4 Å². The standard InChI is InChI=1S/C15H18O/c1-11-7-4-5-8-13(11)14-9-6-10-15(3,16)12(14)2/h4-10,12,16H,1-3H3. The quantitative estimate of drug-likeness (QED) is 0.760. The fraction of sp³-hybridized carbons (Fsp3) is 0.333. The van der Waals surface area contributed by atoms with Crippen LogP contribution in [0.2, 0.25) is 0 Å². The molecule has 0 bridgehead atoms. The topological polar surface area (TPSA) is 20.2 Å². The van der Waals surface area contributed by atoms with Crippen molar-refractivity contribution in [2.75, 3.05) is 0 Å². The van der Waals surface area contributed by atoms with Crippen molar-refractivity contribution in [1.29, 1.82) is 0 Å². The van der Waals surface area contributed by atoms with Gasteiger partial charge in [-0.1, -0.05) is 49.4 Å². The Morgan fingerprint density at radius 3 is 2.62 bits per heavy atom. The first-order valence-electron chi connectivity index (χ1n) is 5.70.